The Morgan fingerprint density at radius 3 is 2.42 bits per heavy atom. The minimum absolute atomic E-state index is 0.0239. The molecule has 0 amide bonds. The van der Waals surface area contributed by atoms with Gasteiger partial charge >= 0.3 is 12.1 Å². The van der Waals surface area contributed by atoms with Crippen molar-refractivity contribution in [2.75, 3.05) is 33.4 Å². The van der Waals surface area contributed by atoms with Crippen LogP contribution in [0.1, 0.15) is 12.5 Å². The fourth-order valence-corrected chi connectivity index (χ4v) is 3.47. The van der Waals surface area contributed by atoms with Gasteiger partial charge in [0.1, 0.15) is 6.54 Å². The quantitative estimate of drug-likeness (QED) is 0.655. The molecule has 0 fully saturated rings. The van der Waals surface area contributed by atoms with E-state index in [1.54, 1.807) is 0 Å². The van der Waals surface area contributed by atoms with Crippen molar-refractivity contribution < 1.29 is 35.9 Å². The first kappa shape index (κ1) is 20.4. The number of sulfonamides is 1. The zero-order valence-corrected chi connectivity index (χ0v) is 14.0. The van der Waals surface area contributed by atoms with Gasteiger partial charge in [-0.15, -0.1) is 0 Å². The summed E-state index contributed by atoms with van der Waals surface area (Å²) in [5, 5.41) is 0. The molecule has 0 saturated heterocycles. The Morgan fingerprint density at radius 2 is 1.88 bits per heavy atom. The number of carbonyl (C=O) groups excluding carboxylic acids is 1. The van der Waals surface area contributed by atoms with E-state index in [1.165, 1.54) is 20.1 Å². The average molecular weight is 369 g/mol. The molecule has 1 rings (SSSR count). The van der Waals surface area contributed by atoms with Crippen LogP contribution >= 0.6 is 0 Å². The van der Waals surface area contributed by atoms with Gasteiger partial charge in [0.05, 0.1) is 23.7 Å². The summed E-state index contributed by atoms with van der Waals surface area (Å²) in [5.74, 6) is -0.860. The molecule has 0 unspecified atom stereocenters. The van der Waals surface area contributed by atoms with Crippen molar-refractivity contribution >= 4 is 16.0 Å². The van der Waals surface area contributed by atoms with Gasteiger partial charge in [-0.05, 0) is 19.1 Å². The first-order valence-electron chi connectivity index (χ1n) is 6.95. The van der Waals surface area contributed by atoms with Crippen LogP contribution in [0.2, 0.25) is 0 Å². The lowest BCUT2D eigenvalue weighted by Gasteiger charge is -2.23. The highest BCUT2D eigenvalue weighted by Gasteiger charge is 2.39. The Bertz CT molecular complexity index is 661. The van der Waals surface area contributed by atoms with Gasteiger partial charge < -0.3 is 9.47 Å². The van der Waals surface area contributed by atoms with Crippen molar-refractivity contribution in [2.45, 2.75) is 18.0 Å². The van der Waals surface area contributed by atoms with Gasteiger partial charge in [-0.25, -0.2) is 8.42 Å². The standard InChI is InChI=1S/C14H18F3NO5S/c1-3-23-13(19)10-18(8-9-22-2)24(20,21)12-7-5-4-6-11(12)14(15,16)17/h4-7H,3,8-10H2,1-2H3. The molecule has 0 atom stereocenters. The summed E-state index contributed by atoms with van der Waals surface area (Å²) < 4.78 is 74.5. The second-order valence-electron chi connectivity index (χ2n) is 4.63. The second-order valence-corrected chi connectivity index (χ2v) is 6.54. The predicted octanol–water partition coefficient (Wildman–Crippen LogP) is 1.91. The predicted molar refractivity (Wildman–Crippen MR) is 78.7 cm³/mol. The van der Waals surface area contributed by atoms with Gasteiger partial charge in [0, 0.05) is 13.7 Å². The van der Waals surface area contributed by atoms with E-state index in [0.29, 0.717) is 10.4 Å². The molecule has 10 heteroatoms. The molecule has 0 spiro atoms. The number of halogens is 3. The van der Waals surface area contributed by atoms with Crippen molar-refractivity contribution in [3.8, 4) is 0 Å². The van der Waals surface area contributed by atoms with E-state index in [1.807, 2.05) is 0 Å². The minimum atomic E-state index is -4.85. The van der Waals surface area contributed by atoms with Crippen LogP contribution in [0.15, 0.2) is 29.2 Å². The summed E-state index contributed by atoms with van der Waals surface area (Å²) in [7, 11) is -3.26. The van der Waals surface area contributed by atoms with Crippen LogP contribution in [0, 0.1) is 0 Å². The molecule has 0 bridgehead atoms. The van der Waals surface area contributed by atoms with Crippen LogP contribution < -0.4 is 0 Å². The molecule has 0 aliphatic rings. The molecule has 136 valence electrons. The molecule has 0 aromatic heterocycles. The molecule has 1 aromatic carbocycles. The molecule has 0 heterocycles. The Morgan fingerprint density at radius 1 is 1.25 bits per heavy atom. The molecular formula is C14H18F3NO5S. The van der Waals surface area contributed by atoms with Crippen molar-refractivity contribution in [2.24, 2.45) is 0 Å². The zero-order chi connectivity index (χ0) is 18.4. The monoisotopic (exact) mass is 369 g/mol. The number of methoxy groups -OCH3 is 1. The largest absolute Gasteiger partial charge is 0.465 e. The minimum Gasteiger partial charge on any atom is -0.465 e. The third-order valence-corrected chi connectivity index (χ3v) is 4.87. The highest BCUT2D eigenvalue weighted by molar-refractivity contribution is 7.89. The number of benzene rings is 1. The van der Waals surface area contributed by atoms with Crippen molar-refractivity contribution in [3.05, 3.63) is 29.8 Å². The van der Waals surface area contributed by atoms with Crippen molar-refractivity contribution in [1.82, 2.24) is 4.31 Å². The lowest BCUT2D eigenvalue weighted by molar-refractivity contribution is -0.143. The Kier molecular flexibility index (Phi) is 7.18. The highest BCUT2D eigenvalue weighted by Crippen LogP contribution is 2.35. The van der Waals surface area contributed by atoms with E-state index in [-0.39, 0.29) is 19.8 Å². The molecule has 6 nitrogen and oxygen atoms in total. The van der Waals surface area contributed by atoms with Crippen LogP contribution in [0.5, 0.6) is 0 Å². The number of hydrogen-bond acceptors (Lipinski definition) is 5. The molecule has 0 radical (unpaired) electrons. The van der Waals surface area contributed by atoms with Crippen LogP contribution in [-0.2, 0) is 30.5 Å². The highest BCUT2D eigenvalue weighted by atomic mass is 32.2. The third-order valence-electron chi connectivity index (χ3n) is 2.97. The Hall–Kier alpha value is -1.65. The first-order chi connectivity index (χ1) is 11.1. The number of nitrogens with zero attached hydrogens (tertiary/aromatic N) is 1. The topological polar surface area (TPSA) is 72.9 Å². The molecule has 1 aromatic rings. The lowest BCUT2D eigenvalue weighted by Crippen LogP contribution is -2.39. The molecular weight excluding hydrogens is 351 g/mol. The number of esters is 1. The normalized spacial score (nSPS) is 12.4. The maximum Gasteiger partial charge on any atom is 0.417 e. The number of rotatable bonds is 8. The number of carbonyl (C=O) groups is 1. The van der Waals surface area contributed by atoms with Crippen LogP contribution in [0.25, 0.3) is 0 Å². The zero-order valence-electron chi connectivity index (χ0n) is 13.2. The van der Waals surface area contributed by atoms with E-state index in [0.717, 1.165) is 12.1 Å². The SMILES string of the molecule is CCOC(=O)CN(CCOC)S(=O)(=O)c1ccccc1C(F)(F)F. The first-order valence-corrected chi connectivity index (χ1v) is 8.39. The summed E-state index contributed by atoms with van der Waals surface area (Å²) in [4.78, 5) is 10.7. The van der Waals surface area contributed by atoms with Gasteiger partial charge in [-0.1, -0.05) is 12.1 Å². The van der Waals surface area contributed by atoms with Crippen LogP contribution in [0.3, 0.4) is 0 Å². The smallest absolute Gasteiger partial charge is 0.417 e. The Labute approximate surface area is 138 Å². The number of ether oxygens (including phenoxy) is 2. The van der Waals surface area contributed by atoms with Gasteiger partial charge in [-0.2, -0.15) is 17.5 Å². The molecule has 0 aliphatic heterocycles. The van der Waals surface area contributed by atoms with Crippen molar-refractivity contribution in [3.63, 3.8) is 0 Å². The van der Waals surface area contributed by atoms with E-state index >= 15 is 0 Å². The van der Waals surface area contributed by atoms with Gasteiger partial charge in [0.2, 0.25) is 10.0 Å². The third kappa shape index (κ3) is 5.18. The summed E-state index contributed by atoms with van der Waals surface area (Å²) in [6.07, 6.45) is -4.85. The average Bonchev–Trinajstić information content (AvgIpc) is 2.50. The van der Waals surface area contributed by atoms with E-state index in [4.69, 9.17) is 4.74 Å². The maximum absolute atomic E-state index is 13.1. The summed E-state index contributed by atoms with van der Waals surface area (Å²) in [6, 6.07) is 3.79. The molecule has 0 saturated carbocycles. The summed E-state index contributed by atoms with van der Waals surface area (Å²) in [6.45, 7) is 0.476. The maximum atomic E-state index is 13.1. The summed E-state index contributed by atoms with van der Waals surface area (Å²) in [5.41, 5.74) is -1.30. The van der Waals surface area contributed by atoms with E-state index < -0.39 is 39.2 Å². The lowest BCUT2D eigenvalue weighted by atomic mass is 10.2. The van der Waals surface area contributed by atoms with Crippen LogP contribution in [0.4, 0.5) is 13.2 Å². The van der Waals surface area contributed by atoms with Gasteiger partial charge in [0.15, 0.2) is 0 Å². The fourth-order valence-electron chi connectivity index (χ4n) is 1.89. The fraction of sp³-hybridized carbons (Fsp3) is 0.500. The van der Waals surface area contributed by atoms with Gasteiger partial charge in [0.25, 0.3) is 0 Å². The second kappa shape index (κ2) is 8.45. The van der Waals surface area contributed by atoms with E-state index in [2.05, 4.69) is 4.74 Å². The number of hydrogen-bond donors (Lipinski definition) is 0. The molecule has 0 aliphatic carbocycles. The van der Waals surface area contributed by atoms with Crippen LogP contribution in [-0.4, -0.2) is 52.1 Å². The summed E-state index contributed by atoms with van der Waals surface area (Å²) >= 11 is 0. The van der Waals surface area contributed by atoms with E-state index in [9.17, 15) is 26.4 Å². The van der Waals surface area contributed by atoms with Gasteiger partial charge in [-0.3, -0.25) is 4.79 Å². The van der Waals surface area contributed by atoms with Crippen molar-refractivity contribution in [1.29, 1.82) is 0 Å². The molecule has 24 heavy (non-hydrogen) atoms. The number of alkyl halides is 3. The molecule has 0 N–H and O–H groups in total. The Balaban J connectivity index is 3.28.